The van der Waals surface area contributed by atoms with Crippen molar-refractivity contribution in [2.24, 2.45) is 11.8 Å². The molecule has 0 amide bonds. The van der Waals surface area contributed by atoms with Crippen LogP contribution in [-0.2, 0) is 17.6 Å². The van der Waals surface area contributed by atoms with Gasteiger partial charge in [0, 0.05) is 6.42 Å². The highest BCUT2D eigenvalue weighted by molar-refractivity contribution is 5.69. The molecular weight excluding hydrogens is 228 g/mol. The molecule has 0 aliphatic carbocycles. The van der Waals surface area contributed by atoms with Gasteiger partial charge in [-0.05, 0) is 36.0 Å². The van der Waals surface area contributed by atoms with E-state index in [1.54, 1.807) is 6.92 Å². The van der Waals surface area contributed by atoms with Gasteiger partial charge in [-0.1, -0.05) is 26.0 Å². The maximum absolute atomic E-state index is 10.9. The van der Waals surface area contributed by atoms with Crippen molar-refractivity contribution >= 4 is 5.97 Å². The van der Waals surface area contributed by atoms with Gasteiger partial charge in [-0.3, -0.25) is 4.79 Å². The second-order valence-electron chi connectivity index (χ2n) is 5.18. The molecule has 2 unspecified atom stereocenters. The summed E-state index contributed by atoms with van der Waals surface area (Å²) in [5.41, 5.74) is 2.56. The number of ether oxygens (including phenoxy) is 1. The average Bonchev–Trinajstić information content (AvgIpc) is 2.82. The Hall–Kier alpha value is -1.51. The predicted octanol–water partition coefficient (Wildman–Crippen LogP) is 2.91. The van der Waals surface area contributed by atoms with Crippen LogP contribution in [0.25, 0.3) is 0 Å². The molecule has 0 aromatic heterocycles. The molecule has 1 N–H and O–H groups in total. The lowest BCUT2D eigenvalue weighted by Gasteiger charge is -2.15. The molecule has 2 rings (SSSR count). The summed E-state index contributed by atoms with van der Waals surface area (Å²) in [5, 5.41) is 8.96. The molecule has 3 nitrogen and oxygen atoms in total. The lowest BCUT2D eigenvalue weighted by molar-refractivity contribution is -0.142. The molecule has 0 bridgehead atoms. The quantitative estimate of drug-likeness (QED) is 0.871. The van der Waals surface area contributed by atoms with Gasteiger partial charge in [0.2, 0.25) is 0 Å². The van der Waals surface area contributed by atoms with E-state index in [9.17, 15) is 4.79 Å². The number of benzene rings is 1. The van der Waals surface area contributed by atoms with Crippen molar-refractivity contribution in [3.8, 4) is 5.75 Å². The highest BCUT2D eigenvalue weighted by atomic mass is 16.5. The molecule has 2 atom stereocenters. The smallest absolute Gasteiger partial charge is 0.306 e. The van der Waals surface area contributed by atoms with E-state index in [0.717, 1.165) is 31.6 Å². The molecule has 0 saturated heterocycles. The number of rotatable bonds is 5. The molecule has 1 heterocycles. The van der Waals surface area contributed by atoms with Crippen LogP contribution in [0.4, 0.5) is 0 Å². The molecule has 0 spiro atoms. The van der Waals surface area contributed by atoms with Crippen molar-refractivity contribution in [3.05, 3.63) is 29.3 Å². The minimum atomic E-state index is -0.704. The Bertz CT molecular complexity index is 439. The maximum Gasteiger partial charge on any atom is 0.306 e. The van der Waals surface area contributed by atoms with Crippen LogP contribution in [0.15, 0.2) is 18.2 Å². The van der Waals surface area contributed by atoms with Crippen molar-refractivity contribution < 1.29 is 14.6 Å². The Morgan fingerprint density at radius 3 is 2.94 bits per heavy atom. The number of aliphatic carboxylic acids is 1. The summed E-state index contributed by atoms with van der Waals surface area (Å²) in [5.74, 6) is 0.227. The third kappa shape index (κ3) is 2.84. The Kier molecular flexibility index (Phi) is 3.90. The van der Waals surface area contributed by atoms with Crippen LogP contribution < -0.4 is 4.74 Å². The fourth-order valence-electron chi connectivity index (χ4n) is 2.28. The molecule has 0 radical (unpaired) electrons. The molecule has 1 aromatic carbocycles. The SMILES string of the molecule is CC(CCc1ccc2c(c1)CCO2)C(C)C(=O)O. The second kappa shape index (κ2) is 5.42. The van der Waals surface area contributed by atoms with Crippen LogP contribution in [0.5, 0.6) is 5.75 Å². The lowest BCUT2D eigenvalue weighted by Crippen LogP contribution is -2.18. The van der Waals surface area contributed by atoms with Crippen LogP contribution >= 0.6 is 0 Å². The molecule has 1 aromatic rings. The Balaban J connectivity index is 1.92. The van der Waals surface area contributed by atoms with E-state index in [4.69, 9.17) is 9.84 Å². The van der Waals surface area contributed by atoms with Crippen molar-refractivity contribution in [2.75, 3.05) is 6.61 Å². The van der Waals surface area contributed by atoms with Crippen molar-refractivity contribution in [1.29, 1.82) is 0 Å². The first-order valence-electron chi connectivity index (χ1n) is 6.55. The number of carboxylic acid groups (broad SMARTS) is 1. The first-order valence-corrected chi connectivity index (χ1v) is 6.55. The molecule has 3 heteroatoms. The number of hydrogen-bond acceptors (Lipinski definition) is 2. The standard InChI is InChI=1S/C15H20O3/c1-10(11(2)15(16)17)3-4-12-5-6-14-13(9-12)7-8-18-14/h5-6,9-11H,3-4,7-8H2,1-2H3,(H,16,17). The van der Waals surface area contributed by atoms with E-state index in [2.05, 4.69) is 12.1 Å². The Morgan fingerprint density at radius 2 is 2.22 bits per heavy atom. The lowest BCUT2D eigenvalue weighted by atomic mass is 9.90. The molecule has 0 saturated carbocycles. The fraction of sp³-hybridized carbons (Fsp3) is 0.533. The van der Waals surface area contributed by atoms with Crippen LogP contribution in [0.2, 0.25) is 0 Å². The van der Waals surface area contributed by atoms with E-state index >= 15 is 0 Å². The molecule has 0 fully saturated rings. The number of aryl methyl sites for hydroxylation is 1. The topological polar surface area (TPSA) is 46.5 Å². The van der Waals surface area contributed by atoms with Gasteiger partial charge in [-0.25, -0.2) is 0 Å². The normalized spacial score (nSPS) is 16.8. The minimum absolute atomic E-state index is 0.201. The molecular formula is C15H20O3. The van der Waals surface area contributed by atoms with Crippen LogP contribution in [0, 0.1) is 11.8 Å². The molecule has 98 valence electrons. The van der Waals surface area contributed by atoms with Gasteiger partial charge in [0.1, 0.15) is 5.75 Å². The number of carbonyl (C=O) groups is 1. The van der Waals surface area contributed by atoms with E-state index in [1.165, 1.54) is 11.1 Å². The molecule has 18 heavy (non-hydrogen) atoms. The summed E-state index contributed by atoms with van der Waals surface area (Å²) in [7, 11) is 0. The van der Waals surface area contributed by atoms with Crippen LogP contribution in [0.3, 0.4) is 0 Å². The summed E-state index contributed by atoms with van der Waals surface area (Å²) in [6, 6.07) is 6.31. The summed E-state index contributed by atoms with van der Waals surface area (Å²) in [6.07, 6.45) is 2.84. The third-order valence-corrected chi connectivity index (χ3v) is 3.89. The fourth-order valence-corrected chi connectivity index (χ4v) is 2.28. The maximum atomic E-state index is 10.9. The zero-order chi connectivity index (χ0) is 13.1. The summed E-state index contributed by atoms with van der Waals surface area (Å²) >= 11 is 0. The zero-order valence-electron chi connectivity index (χ0n) is 11.0. The van der Waals surface area contributed by atoms with E-state index in [0.29, 0.717) is 0 Å². The molecule has 1 aliphatic rings. The van der Waals surface area contributed by atoms with Gasteiger partial charge < -0.3 is 9.84 Å². The Morgan fingerprint density at radius 1 is 1.44 bits per heavy atom. The van der Waals surface area contributed by atoms with E-state index in [1.807, 2.05) is 13.0 Å². The first-order chi connectivity index (χ1) is 8.58. The highest BCUT2D eigenvalue weighted by Gasteiger charge is 2.19. The van der Waals surface area contributed by atoms with Gasteiger partial charge in [-0.2, -0.15) is 0 Å². The zero-order valence-corrected chi connectivity index (χ0v) is 11.0. The minimum Gasteiger partial charge on any atom is -0.493 e. The van der Waals surface area contributed by atoms with E-state index in [-0.39, 0.29) is 11.8 Å². The van der Waals surface area contributed by atoms with Gasteiger partial charge in [-0.15, -0.1) is 0 Å². The Labute approximate surface area is 108 Å². The number of fused-ring (bicyclic) bond motifs is 1. The summed E-state index contributed by atoms with van der Waals surface area (Å²) in [6.45, 7) is 4.57. The van der Waals surface area contributed by atoms with Gasteiger partial charge >= 0.3 is 5.97 Å². The van der Waals surface area contributed by atoms with Gasteiger partial charge in [0.05, 0.1) is 12.5 Å². The summed E-state index contributed by atoms with van der Waals surface area (Å²) < 4.78 is 5.47. The third-order valence-electron chi connectivity index (χ3n) is 3.89. The average molecular weight is 248 g/mol. The van der Waals surface area contributed by atoms with Gasteiger partial charge in [0.25, 0.3) is 0 Å². The number of carboxylic acids is 1. The van der Waals surface area contributed by atoms with Crippen molar-refractivity contribution in [2.45, 2.75) is 33.1 Å². The largest absolute Gasteiger partial charge is 0.493 e. The first kappa shape index (κ1) is 12.9. The highest BCUT2D eigenvalue weighted by Crippen LogP contribution is 2.27. The van der Waals surface area contributed by atoms with Crippen molar-refractivity contribution in [1.82, 2.24) is 0 Å². The predicted molar refractivity (Wildman–Crippen MR) is 69.9 cm³/mol. The number of hydrogen-bond donors (Lipinski definition) is 1. The summed E-state index contributed by atoms with van der Waals surface area (Å²) in [4.78, 5) is 10.9. The monoisotopic (exact) mass is 248 g/mol. The van der Waals surface area contributed by atoms with E-state index < -0.39 is 5.97 Å². The van der Waals surface area contributed by atoms with Gasteiger partial charge in [0.15, 0.2) is 0 Å². The second-order valence-corrected chi connectivity index (χ2v) is 5.18. The van der Waals surface area contributed by atoms with Crippen LogP contribution in [-0.4, -0.2) is 17.7 Å². The molecule has 1 aliphatic heterocycles. The van der Waals surface area contributed by atoms with Crippen LogP contribution in [0.1, 0.15) is 31.4 Å². The van der Waals surface area contributed by atoms with Crippen molar-refractivity contribution in [3.63, 3.8) is 0 Å².